The Morgan fingerprint density at radius 2 is 1.80 bits per heavy atom. The Hall–Kier alpha value is -3.16. The Morgan fingerprint density at radius 3 is 2.51 bits per heavy atom. The molecular weight excluding hydrogens is 538 g/mol. The van der Waals surface area contributed by atoms with Crippen molar-refractivity contribution in [2.45, 2.75) is 82.7 Å². The maximum atomic E-state index is 14.3. The minimum Gasteiger partial charge on any atom is -0.359 e. The molecule has 2 aromatic rings. The van der Waals surface area contributed by atoms with E-state index in [0.717, 1.165) is 31.2 Å². The molecule has 41 heavy (non-hydrogen) atoms. The van der Waals surface area contributed by atoms with E-state index in [4.69, 9.17) is 16.3 Å². The first-order valence-corrected chi connectivity index (χ1v) is 15.2. The van der Waals surface area contributed by atoms with E-state index < -0.39 is 29.6 Å². The van der Waals surface area contributed by atoms with Crippen molar-refractivity contribution < 1.29 is 19.1 Å². The molecule has 216 valence electrons. The van der Waals surface area contributed by atoms with Crippen LogP contribution in [-0.2, 0) is 25.7 Å². The van der Waals surface area contributed by atoms with Gasteiger partial charge in [0.15, 0.2) is 0 Å². The number of nitrogens with zero attached hydrogens (tertiary/aromatic N) is 1. The second-order valence-electron chi connectivity index (χ2n) is 12.4. The van der Waals surface area contributed by atoms with Gasteiger partial charge in [0, 0.05) is 23.3 Å². The van der Waals surface area contributed by atoms with Crippen LogP contribution in [-0.4, -0.2) is 46.4 Å². The third-order valence-corrected chi connectivity index (χ3v) is 9.88. The number of ether oxygens (including phenoxy) is 1. The largest absolute Gasteiger partial charge is 0.359 e. The van der Waals surface area contributed by atoms with E-state index in [0.29, 0.717) is 22.5 Å². The number of rotatable bonds is 7. The number of hydrogen-bond donors (Lipinski definition) is 2. The summed E-state index contributed by atoms with van der Waals surface area (Å²) in [5, 5.41) is 6.80. The Labute approximate surface area is 246 Å². The Kier molecular flexibility index (Phi) is 7.45. The zero-order chi connectivity index (χ0) is 28.9. The summed E-state index contributed by atoms with van der Waals surface area (Å²) in [6.07, 6.45) is 7.31. The van der Waals surface area contributed by atoms with E-state index in [1.807, 2.05) is 54.6 Å². The fourth-order valence-corrected chi connectivity index (χ4v) is 7.41. The molecule has 1 spiro atoms. The van der Waals surface area contributed by atoms with Crippen molar-refractivity contribution in [3.8, 4) is 0 Å². The lowest BCUT2D eigenvalue weighted by molar-refractivity contribution is -0.142. The van der Waals surface area contributed by atoms with Crippen molar-refractivity contribution in [1.82, 2.24) is 10.2 Å². The predicted octanol–water partition coefficient (Wildman–Crippen LogP) is 5.45. The molecule has 2 bridgehead atoms. The number of likely N-dealkylation sites (tertiary alicyclic amines) is 1. The summed E-state index contributed by atoms with van der Waals surface area (Å²) in [5.41, 5.74) is 1.37. The van der Waals surface area contributed by atoms with E-state index >= 15 is 0 Å². The van der Waals surface area contributed by atoms with E-state index in [1.54, 1.807) is 11.0 Å². The van der Waals surface area contributed by atoms with Crippen LogP contribution in [0.2, 0.25) is 5.02 Å². The van der Waals surface area contributed by atoms with Crippen LogP contribution in [0.3, 0.4) is 0 Å². The number of hydrogen-bond acceptors (Lipinski definition) is 4. The van der Waals surface area contributed by atoms with Crippen LogP contribution >= 0.6 is 11.6 Å². The van der Waals surface area contributed by atoms with Crippen LogP contribution in [0.4, 0.5) is 5.69 Å². The van der Waals surface area contributed by atoms with Crippen molar-refractivity contribution in [3.05, 3.63) is 76.8 Å². The van der Waals surface area contributed by atoms with Crippen molar-refractivity contribution in [3.63, 3.8) is 0 Å². The molecule has 1 saturated carbocycles. The maximum absolute atomic E-state index is 14.3. The smallest absolute Gasteiger partial charge is 0.246 e. The normalized spacial score (nSPS) is 31.9. The van der Waals surface area contributed by atoms with Gasteiger partial charge in [-0.1, -0.05) is 87.7 Å². The summed E-state index contributed by atoms with van der Waals surface area (Å²) in [4.78, 5) is 43.7. The molecule has 0 radical (unpaired) electrons. The molecule has 0 aromatic heterocycles. The standard InChI is InChI=1S/C33H38ClN3O4/c1-19(2)21-12-14-23(15-13-21)35-30(38)27-26-16-17-33(41-26)28(27)32(40)37(18-22-9-5-6-10-24(22)34)29(33)31(39)36-25-11-7-4-8-20(25)3/h5-6,9-10,12-17,19-20,25-29H,4,7-8,11,18H2,1-3H3,(H,35,38)(H,36,39)/t20-,25+,26+,27-,28+,29+,33+/m1/s1. The number of carbonyl (C=O) groups is 3. The van der Waals surface area contributed by atoms with Crippen LogP contribution in [0.15, 0.2) is 60.7 Å². The third kappa shape index (κ3) is 4.87. The molecule has 3 amide bonds. The molecule has 0 unspecified atom stereocenters. The molecule has 2 aromatic carbocycles. The minimum atomic E-state index is -1.21. The highest BCUT2D eigenvalue weighted by molar-refractivity contribution is 6.31. The van der Waals surface area contributed by atoms with Crippen LogP contribution in [0.5, 0.6) is 0 Å². The molecule has 2 saturated heterocycles. The second kappa shape index (κ2) is 10.9. The lowest BCUT2D eigenvalue weighted by Gasteiger charge is -2.36. The highest BCUT2D eigenvalue weighted by atomic mass is 35.5. The van der Waals surface area contributed by atoms with Crippen LogP contribution in [0.25, 0.3) is 0 Å². The first kappa shape index (κ1) is 28.0. The summed E-state index contributed by atoms with van der Waals surface area (Å²) < 4.78 is 6.50. The van der Waals surface area contributed by atoms with Gasteiger partial charge in [-0.3, -0.25) is 14.4 Å². The topological polar surface area (TPSA) is 87.7 Å². The lowest BCUT2D eigenvalue weighted by atomic mass is 9.74. The number of nitrogens with one attached hydrogen (secondary N) is 2. The Balaban J connectivity index is 1.31. The van der Waals surface area contributed by atoms with Gasteiger partial charge in [-0.15, -0.1) is 0 Å². The first-order chi connectivity index (χ1) is 19.7. The molecule has 3 fully saturated rings. The molecule has 1 aliphatic carbocycles. The molecule has 3 aliphatic heterocycles. The lowest BCUT2D eigenvalue weighted by Crippen LogP contribution is -2.57. The fourth-order valence-electron chi connectivity index (χ4n) is 7.22. The predicted molar refractivity (Wildman–Crippen MR) is 158 cm³/mol. The number of carbonyl (C=O) groups excluding carboxylic acids is 3. The molecule has 3 heterocycles. The molecular formula is C33H38ClN3O4. The van der Waals surface area contributed by atoms with E-state index in [2.05, 4.69) is 31.4 Å². The van der Waals surface area contributed by atoms with Crippen molar-refractivity contribution in [2.75, 3.05) is 5.32 Å². The molecule has 7 nitrogen and oxygen atoms in total. The highest BCUT2D eigenvalue weighted by Gasteiger charge is 2.72. The van der Waals surface area contributed by atoms with Gasteiger partial charge in [-0.25, -0.2) is 0 Å². The minimum absolute atomic E-state index is 0.0412. The van der Waals surface area contributed by atoms with Gasteiger partial charge < -0.3 is 20.3 Å². The van der Waals surface area contributed by atoms with Gasteiger partial charge in [0.05, 0.1) is 17.9 Å². The summed E-state index contributed by atoms with van der Waals surface area (Å²) in [5.74, 6) is -1.61. The molecule has 2 N–H and O–H groups in total. The SMILES string of the molecule is CC(C)c1ccc(NC(=O)[C@@H]2[C@@H]3C=C[C@]4(O3)[C@@H]2C(=O)N(Cc2ccccc2Cl)[C@H]4C(=O)N[C@H]2CCCC[C@H]2C)cc1. The van der Waals surface area contributed by atoms with Gasteiger partial charge >= 0.3 is 0 Å². The highest BCUT2D eigenvalue weighted by Crippen LogP contribution is 2.55. The van der Waals surface area contributed by atoms with E-state index in [-0.39, 0.29) is 30.3 Å². The monoisotopic (exact) mass is 575 g/mol. The average molecular weight is 576 g/mol. The van der Waals surface area contributed by atoms with Crippen LogP contribution in [0.1, 0.15) is 63.5 Å². The number of fused-ring (bicyclic) bond motifs is 1. The average Bonchev–Trinajstić information content (AvgIpc) is 3.59. The molecule has 7 atom stereocenters. The van der Waals surface area contributed by atoms with Gasteiger partial charge in [0.2, 0.25) is 17.7 Å². The number of halogens is 1. The van der Waals surface area contributed by atoms with Crippen molar-refractivity contribution >= 4 is 35.0 Å². The number of anilines is 1. The van der Waals surface area contributed by atoms with E-state index in [1.165, 1.54) is 5.56 Å². The Morgan fingerprint density at radius 1 is 1.07 bits per heavy atom. The molecule has 6 rings (SSSR count). The van der Waals surface area contributed by atoms with Gasteiger partial charge in [0.25, 0.3) is 0 Å². The zero-order valence-electron chi connectivity index (χ0n) is 23.8. The zero-order valence-corrected chi connectivity index (χ0v) is 24.6. The maximum Gasteiger partial charge on any atom is 0.246 e. The molecule has 4 aliphatic rings. The summed E-state index contributed by atoms with van der Waals surface area (Å²) in [6, 6.07) is 14.2. The van der Waals surface area contributed by atoms with Crippen LogP contribution in [0, 0.1) is 17.8 Å². The quantitative estimate of drug-likeness (QED) is 0.430. The Bertz CT molecular complexity index is 1370. The van der Waals surface area contributed by atoms with Crippen LogP contribution < -0.4 is 10.6 Å². The molecule has 8 heteroatoms. The van der Waals surface area contributed by atoms with E-state index in [9.17, 15) is 14.4 Å². The first-order valence-electron chi connectivity index (χ1n) is 14.8. The van der Waals surface area contributed by atoms with Gasteiger partial charge in [-0.05, 0) is 54.0 Å². The fraction of sp³-hybridized carbons (Fsp3) is 0.485. The number of amides is 3. The summed E-state index contributed by atoms with van der Waals surface area (Å²) >= 11 is 6.50. The van der Waals surface area contributed by atoms with Gasteiger partial charge in [0.1, 0.15) is 11.6 Å². The number of benzene rings is 2. The third-order valence-electron chi connectivity index (χ3n) is 9.51. The summed E-state index contributed by atoms with van der Waals surface area (Å²) in [6.45, 7) is 6.56. The van der Waals surface area contributed by atoms with Gasteiger partial charge in [-0.2, -0.15) is 0 Å². The van der Waals surface area contributed by atoms with Crippen molar-refractivity contribution in [2.24, 2.45) is 17.8 Å². The van der Waals surface area contributed by atoms with Crippen molar-refractivity contribution in [1.29, 1.82) is 0 Å². The summed E-state index contributed by atoms with van der Waals surface area (Å²) in [7, 11) is 0. The second-order valence-corrected chi connectivity index (χ2v) is 12.8.